The molecule has 19 heavy (non-hydrogen) atoms. The van der Waals surface area contributed by atoms with Crippen LogP contribution in [0.15, 0.2) is 0 Å². The molecule has 0 saturated carbocycles. The number of halogens is 1. The Morgan fingerprint density at radius 1 is 0.947 bits per heavy atom. The molecule has 1 saturated heterocycles. The molecule has 0 aromatic carbocycles. The number of hydrogen-bond acceptors (Lipinski definition) is 1. The fourth-order valence-corrected chi connectivity index (χ4v) is 3.34. The average molecular weight is 289 g/mol. The number of rotatable bonds is 10. The predicted molar refractivity (Wildman–Crippen MR) is 84.7 cm³/mol. The van der Waals surface area contributed by atoms with Gasteiger partial charge in [0, 0.05) is 0 Å². The van der Waals surface area contributed by atoms with E-state index >= 15 is 0 Å². The van der Waals surface area contributed by atoms with Crippen molar-refractivity contribution in [1.29, 1.82) is 0 Å². The summed E-state index contributed by atoms with van der Waals surface area (Å²) in [4.78, 5) is 0. The SMILES string of the molecule is CCCCCCCCCCC1CC(CC)COC1Cl. The Balaban J connectivity index is 1.98. The van der Waals surface area contributed by atoms with Crippen LogP contribution in [-0.2, 0) is 4.74 Å². The lowest BCUT2D eigenvalue weighted by molar-refractivity contribution is -0.0153. The van der Waals surface area contributed by atoms with E-state index in [4.69, 9.17) is 16.3 Å². The van der Waals surface area contributed by atoms with E-state index in [0.717, 1.165) is 12.5 Å². The molecule has 3 unspecified atom stereocenters. The van der Waals surface area contributed by atoms with E-state index in [-0.39, 0.29) is 5.56 Å². The highest BCUT2D eigenvalue weighted by Crippen LogP contribution is 2.32. The van der Waals surface area contributed by atoms with Gasteiger partial charge in [-0.1, -0.05) is 83.2 Å². The van der Waals surface area contributed by atoms with Crippen molar-refractivity contribution < 1.29 is 4.74 Å². The summed E-state index contributed by atoms with van der Waals surface area (Å²) in [6.07, 6.45) is 14.9. The van der Waals surface area contributed by atoms with Crippen LogP contribution >= 0.6 is 11.6 Å². The first-order chi connectivity index (χ1) is 9.27. The van der Waals surface area contributed by atoms with Crippen LogP contribution < -0.4 is 0 Å². The van der Waals surface area contributed by atoms with Crippen LogP contribution in [0.5, 0.6) is 0 Å². The minimum absolute atomic E-state index is 0.0210. The van der Waals surface area contributed by atoms with Crippen LogP contribution in [0.25, 0.3) is 0 Å². The molecule has 0 amide bonds. The van der Waals surface area contributed by atoms with Gasteiger partial charge in [0.2, 0.25) is 0 Å². The summed E-state index contributed by atoms with van der Waals surface area (Å²) in [6, 6.07) is 0. The molecule has 3 atom stereocenters. The first kappa shape index (κ1) is 17.3. The van der Waals surface area contributed by atoms with Crippen LogP contribution in [0.2, 0.25) is 0 Å². The Hall–Kier alpha value is 0.250. The van der Waals surface area contributed by atoms with E-state index in [9.17, 15) is 0 Å². The van der Waals surface area contributed by atoms with Crippen molar-refractivity contribution in [1.82, 2.24) is 0 Å². The van der Waals surface area contributed by atoms with E-state index in [1.54, 1.807) is 0 Å². The molecule has 1 heterocycles. The van der Waals surface area contributed by atoms with Gasteiger partial charge in [-0.25, -0.2) is 0 Å². The lowest BCUT2D eigenvalue weighted by atomic mass is 9.87. The quantitative estimate of drug-likeness (QED) is 0.346. The molecule has 0 spiro atoms. The number of alkyl halides is 1. The molecular weight excluding hydrogens is 256 g/mol. The molecule has 2 heteroatoms. The maximum Gasteiger partial charge on any atom is 0.134 e. The van der Waals surface area contributed by atoms with Crippen LogP contribution in [0.1, 0.15) is 84.5 Å². The topological polar surface area (TPSA) is 9.23 Å². The van der Waals surface area contributed by atoms with Crippen molar-refractivity contribution in [3.63, 3.8) is 0 Å². The Labute approximate surface area is 125 Å². The van der Waals surface area contributed by atoms with Crippen LogP contribution in [0, 0.1) is 11.8 Å². The summed E-state index contributed by atoms with van der Waals surface area (Å²) in [5.74, 6) is 1.34. The summed E-state index contributed by atoms with van der Waals surface area (Å²) in [6.45, 7) is 5.41. The normalized spacial score (nSPS) is 27.6. The van der Waals surface area contributed by atoms with E-state index in [0.29, 0.717) is 5.92 Å². The largest absolute Gasteiger partial charge is 0.362 e. The Bertz CT molecular complexity index is 207. The van der Waals surface area contributed by atoms with Gasteiger partial charge >= 0.3 is 0 Å². The third-order valence-electron chi connectivity index (χ3n) is 4.50. The molecule has 0 bridgehead atoms. The van der Waals surface area contributed by atoms with Gasteiger partial charge in [0.15, 0.2) is 0 Å². The highest BCUT2D eigenvalue weighted by molar-refractivity contribution is 6.19. The third kappa shape index (κ3) is 7.56. The smallest absolute Gasteiger partial charge is 0.134 e. The molecule has 114 valence electrons. The molecule has 0 aliphatic carbocycles. The summed E-state index contributed by atoms with van der Waals surface area (Å²) in [5, 5.41) is 0. The zero-order valence-corrected chi connectivity index (χ0v) is 13.8. The molecule has 1 rings (SSSR count). The fourth-order valence-electron chi connectivity index (χ4n) is 3.04. The fraction of sp³-hybridized carbons (Fsp3) is 1.00. The zero-order valence-electron chi connectivity index (χ0n) is 13.0. The summed E-state index contributed by atoms with van der Waals surface area (Å²) in [7, 11) is 0. The van der Waals surface area contributed by atoms with Crippen LogP contribution in [0.3, 0.4) is 0 Å². The Morgan fingerprint density at radius 3 is 2.21 bits per heavy atom. The van der Waals surface area contributed by atoms with Gasteiger partial charge in [-0.15, -0.1) is 0 Å². The van der Waals surface area contributed by atoms with Gasteiger partial charge in [-0.05, 0) is 24.7 Å². The van der Waals surface area contributed by atoms with E-state index in [1.807, 2.05) is 0 Å². The number of ether oxygens (including phenoxy) is 1. The van der Waals surface area contributed by atoms with Crippen LogP contribution in [0.4, 0.5) is 0 Å². The lowest BCUT2D eigenvalue weighted by Gasteiger charge is -2.32. The predicted octanol–water partition coefficient (Wildman–Crippen LogP) is 6.14. The Morgan fingerprint density at radius 2 is 1.58 bits per heavy atom. The molecule has 1 aliphatic rings. The second-order valence-corrected chi connectivity index (χ2v) is 6.65. The highest BCUT2D eigenvalue weighted by Gasteiger charge is 2.28. The average Bonchev–Trinajstić information content (AvgIpc) is 2.43. The van der Waals surface area contributed by atoms with Gasteiger partial charge in [0.1, 0.15) is 5.56 Å². The monoisotopic (exact) mass is 288 g/mol. The maximum atomic E-state index is 6.28. The van der Waals surface area contributed by atoms with Crippen molar-refractivity contribution >= 4 is 11.6 Å². The maximum absolute atomic E-state index is 6.28. The van der Waals surface area contributed by atoms with Gasteiger partial charge in [-0.3, -0.25) is 0 Å². The molecule has 0 N–H and O–H groups in total. The second kappa shape index (κ2) is 11.0. The molecule has 0 radical (unpaired) electrons. The van der Waals surface area contributed by atoms with Crippen molar-refractivity contribution in [2.24, 2.45) is 11.8 Å². The van der Waals surface area contributed by atoms with E-state index in [2.05, 4.69) is 13.8 Å². The third-order valence-corrected chi connectivity index (χ3v) is 4.99. The second-order valence-electron chi connectivity index (χ2n) is 6.22. The molecule has 1 fully saturated rings. The molecular formula is C17H33ClO. The summed E-state index contributed by atoms with van der Waals surface area (Å²) in [5.41, 5.74) is -0.0210. The van der Waals surface area contributed by atoms with Crippen molar-refractivity contribution in [3.05, 3.63) is 0 Å². The van der Waals surface area contributed by atoms with Gasteiger partial charge < -0.3 is 4.74 Å². The minimum atomic E-state index is -0.0210. The first-order valence-corrected chi connectivity index (χ1v) is 8.97. The van der Waals surface area contributed by atoms with Crippen molar-refractivity contribution in [2.75, 3.05) is 6.61 Å². The lowest BCUT2D eigenvalue weighted by Crippen LogP contribution is -2.30. The highest BCUT2D eigenvalue weighted by atomic mass is 35.5. The molecule has 0 aromatic heterocycles. The van der Waals surface area contributed by atoms with Gasteiger partial charge in [-0.2, -0.15) is 0 Å². The number of unbranched alkanes of at least 4 members (excludes halogenated alkanes) is 7. The zero-order chi connectivity index (χ0) is 13.9. The summed E-state index contributed by atoms with van der Waals surface area (Å²) < 4.78 is 5.68. The molecule has 0 aromatic rings. The van der Waals surface area contributed by atoms with Gasteiger partial charge in [0.25, 0.3) is 0 Å². The van der Waals surface area contributed by atoms with Crippen molar-refractivity contribution in [2.45, 2.75) is 90.0 Å². The Kier molecular flexibility index (Phi) is 9.99. The van der Waals surface area contributed by atoms with Gasteiger partial charge in [0.05, 0.1) is 6.61 Å². The molecule has 1 aliphatic heterocycles. The summed E-state index contributed by atoms with van der Waals surface area (Å²) >= 11 is 6.28. The number of hydrogen-bond donors (Lipinski definition) is 0. The van der Waals surface area contributed by atoms with Crippen molar-refractivity contribution in [3.8, 4) is 0 Å². The van der Waals surface area contributed by atoms with E-state index in [1.165, 1.54) is 70.6 Å². The van der Waals surface area contributed by atoms with Crippen LogP contribution in [-0.4, -0.2) is 12.2 Å². The van der Waals surface area contributed by atoms with E-state index < -0.39 is 0 Å². The molecule has 1 nitrogen and oxygen atoms in total. The standard InChI is InChI=1S/C17H33ClO/c1-3-5-6-7-8-9-10-11-12-16-13-15(4-2)14-19-17(16)18/h15-17H,3-14H2,1-2H3. The first-order valence-electron chi connectivity index (χ1n) is 8.53. The minimum Gasteiger partial charge on any atom is -0.362 e.